The van der Waals surface area contributed by atoms with Gasteiger partial charge in [0.25, 0.3) is 5.69 Å². The Balaban J connectivity index is 3.38. The number of aliphatic carboxylic acids is 1. The Morgan fingerprint density at radius 3 is 2.39 bits per heavy atom. The third-order valence-corrected chi connectivity index (χ3v) is 4.88. The van der Waals surface area contributed by atoms with E-state index in [0.29, 0.717) is 0 Å². The summed E-state index contributed by atoms with van der Waals surface area (Å²) in [6, 6.07) is 2.85. The van der Waals surface area contributed by atoms with Crippen LogP contribution in [0.15, 0.2) is 18.2 Å². The van der Waals surface area contributed by atoms with Crippen LogP contribution in [-0.4, -0.2) is 25.3 Å². The van der Waals surface area contributed by atoms with Gasteiger partial charge < -0.3 is 9.66 Å². The zero-order valence-corrected chi connectivity index (χ0v) is 14.1. The van der Waals surface area contributed by atoms with Crippen molar-refractivity contribution in [3.63, 3.8) is 0 Å². The van der Waals surface area contributed by atoms with E-state index in [1.807, 2.05) is 0 Å². The maximum Gasteiger partial charge on any atom is 0.305 e. The summed E-state index contributed by atoms with van der Waals surface area (Å²) in [5, 5.41) is 20.0. The Kier molecular flexibility index (Phi) is 5.73. The lowest BCUT2D eigenvalue weighted by Crippen LogP contribution is -2.51. The van der Waals surface area contributed by atoms with Crippen molar-refractivity contribution in [3.8, 4) is 0 Å². The number of benzene rings is 1. The lowest BCUT2D eigenvalue weighted by Gasteiger charge is -2.34. The molecule has 0 bridgehead atoms. The molecule has 2 N–H and O–H groups in total. The molecule has 1 unspecified atom stereocenters. The minimum absolute atomic E-state index is 0.216. The number of rotatable bonds is 6. The highest BCUT2D eigenvalue weighted by Gasteiger charge is 2.41. The number of carboxylic acid groups (broad SMARTS) is 1. The molecular formula is C14H19FN2O5S. The van der Waals surface area contributed by atoms with Crippen LogP contribution in [0.1, 0.15) is 39.7 Å². The van der Waals surface area contributed by atoms with Crippen molar-refractivity contribution < 1.29 is 23.8 Å². The molecular weight excluding hydrogens is 327 g/mol. The molecule has 0 fully saturated rings. The van der Waals surface area contributed by atoms with Gasteiger partial charge in [-0.1, -0.05) is 0 Å². The van der Waals surface area contributed by atoms with Gasteiger partial charge in [0.05, 0.1) is 16.9 Å². The summed E-state index contributed by atoms with van der Waals surface area (Å²) in [4.78, 5) is 21.3. The summed E-state index contributed by atoms with van der Waals surface area (Å²) >= 11 is -1.70. The Bertz CT molecular complexity index is 620. The zero-order chi connectivity index (χ0) is 18.0. The summed E-state index contributed by atoms with van der Waals surface area (Å²) in [7, 11) is 0. The lowest BCUT2D eigenvalue weighted by atomic mass is 9.89. The summed E-state index contributed by atoms with van der Waals surface area (Å²) in [5.74, 6) is -2.06. The fourth-order valence-electron chi connectivity index (χ4n) is 1.90. The van der Waals surface area contributed by atoms with Crippen molar-refractivity contribution in [2.24, 2.45) is 0 Å². The van der Waals surface area contributed by atoms with Crippen LogP contribution in [0.25, 0.3) is 0 Å². The van der Waals surface area contributed by atoms with Crippen molar-refractivity contribution in [2.75, 3.05) is 0 Å². The summed E-state index contributed by atoms with van der Waals surface area (Å²) in [6.45, 7) is 6.36. The minimum Gasteiger partial charge on any atom is -0.598 e. The summed E-state index contributed by atoms with van der Waals surface area (Å²) < 4.78 is 28.4. The van der Waals surface area contributed by atoms with Gasteiger partial charge in [-0.2, -0.15) is 0 Å². The first-order chi connectivity index (χ1) is 10.4. The molecule has 0 radical (unpaired) electrons. The van der Waals surface area contributed by atoms with E-state index in [0.717, 1.165) is 18.2 Å². The molecule has 0 spiro atoms. The van der Waals surface area contributed by atoms with Crippen LogP contribution < -0.4 is 4.72 Å². The van der Waals surface area contributed by atoms with Crippen LogP contribution in [-0.2, 0) is 21.7 Å². The lowest BCUT2D eigenvalue weighted by molar-refractivity contribution is -0.385. The first-order valence-electron chi connectivity index (χ1n) is 6.73. The molecule has 0 amide bonds. The van der Waals surface area contributed by atoms with Crippen LogP contribution in [0.2, 0.25) is 0 Å². The van der Waals surface area contributed by atoms with Crippen molar-refractivity contribution in [2.45, 2.75) is 44.4 Å². The minimum atomic E-state index is -1.70. The quantitative estimate of drug-likeness (QED) is 0.464. The van der Waals surface area contributed by atoms with Gasteiger partial charge in [-0.05, 0) is 33.8 Å². The molecule has 0 heterocycles. The molecule has 0 aliphatic carbocycles. The van der Waals surface area contributed by atoms with Gasteiger partial charge in [0.1, 0.15) is 10.6 Å². The van der Waals surface area contributed by atoms with E-state index in [1.165, 1.54) is 6.92 Å². The van der Waals surface area contributed by atoms with Crippen LogP contribution in [0.5, 0.6) is 0 Å². The Morgan fingerprint density at radius 1 is 1.39 bits per heavy atom. The molecule has 7 nitrogen and oxygen atoms in total. The van der Waals surface area contributed by atoms with E-state index < -0.39 is 44.8 Å². The molecule has 0 aromatic heterocycles. The largest absolute Gasteiger partial charge is 0.598 e. The fraction of sp³-hybridized carbons (Fsp3) is 0.500. The topological polar surface area (TPSA) is 116 Å². The van der Waals surface area contributed by atoms with E-state index in [4.69, 9.17) is 5.11 Å². The molecule has 1 aromatic carbocycles. The van der Waals surface area contributed by atoms with Gasteiger partial charge in [-0.15, -0.1) is 4.72 Å². The van der Waals surface area contributed by atoms with Crippen LogP contribution >= 0.6 is 0 Å². The third kappa shape index (κ3) is 4.88. The number of halogens is 1. The zero-order valence-electron chi connectivity index (χ0n) is 13.3. The normalized spacial score (nSPS) is 15.7. The highest BCUT2D eigenvalue weighted by molar-refractivity contribution is 7.90. The molecule has 0 saturated heterocycles. The van der Waals surface area contributed by atoms with Gasteiger partial charge in [0.2, 0.25) is 0 Å². The van der Waals surface area contributed by atoms with Crippen molar-refractivity contribution in [1.29, 1.82) is 0 Å². The molecule has 128 valence electrons. The van der Waals surface area contributed by atoms with Gasteiger partial charge in [0.15, 0.2) is 0 Å². The molecule has 23 heavy (non-hydrogen) atoms. The molecule has 1 rings (SSSR count). The van der Waals surface area contributed by atoms with E-state index in [1.54, 1.807) is 20.8 Å². The van der Waals surface area contributed by atoms with E-state index in [9.17, 15) is 23.9 Å². The molecule has 0 saturated carbocycles. The molecule has 9 heteroatoms. The SMILES string of the molecule is CC(CC(=O)O)(N[S@+]([O-])C(C)(C)C)c1cc([N+](=O)[O-])ccc1F. The Hall–Kier alpha value is -1.71. The number of hydrogen-bond donors (Lipinski definition) is 2. The van der Waals surface area contributed by atoms with Crippen molar-refractivity contribution >= 4 is 23.0 Å². The second kappa shape index (κ2) is 6.81. The number of nitro groups is 1. The highest BCUT2D eigenvalue weighted by atomic mass is 32.2. The first kappa shape index (κ1) is 19.3. The summed E-state index contributed by atoms with van der Waals surface area (Å²) in [5.41, 5.74) is -2.16. The molecule has 0 aliphatic heterocycles. The fourth-order valence-corrected chi connectivity index (χ4v) is 2.79. The molecule has 0 aliphatic rings. The predicted molar refractivity (Wildman–Crippen MR) is 83.7 cm³/mol. The van der Waals surface area contributed by atoms with E-state index in [-0.39, 0.29) is 11.3 Å². The number of nitrogens with one attached hydrogen (secondary N) is 1. The number of carbonyl (C=O) groups is 1. The van der Waals surface area contributed by atoms with Gasteiger partial charge in [-0.25, -0.2) is 4.39 Å². The number of hydrogen-bond acceptors (Lipinski definition) is 5. The van der Waals surface area contributed by atoms with Crippen LogP contribution in [0.3, 0.4) is 0 Å². The van der Waals surface area contributed by atoms with E-state index in [2.05, 4.69) is 4.72 Å². The highest BCUT2D eigenvalue weighted by Crippen LogP contribution is 2.32. The van der Waals surface area contributed by atoms with E-state index >= 15 is 0 Å². The number of nitro benzene ring substituents is 1. The van der Waals surface area contributed by atoms with Crippen LogP contribution in [0, 0.1) is 15.9 Å². The van der Waals surface area contributed by atoms with Crippen LogP contribution in [0.4, 0.5) is 10.1 Å². The average molecular weight is 346 g/mol. The maximum atomic E-state index is 14.2. The Labute approximate surface area is 136 Å². The van der Waals surface area contributed by atoms with Crippen molar-refractivity contribution in [1.82, 2.24) is 4.72 Å². The standard InChI is InChI=1S/C14H19FN2O5S/c1-13(2,3)23(22)16-14(4,8-12(18)19)10-7-9(17(20)21)5-6-11(10)15/h5-7,16H,8H2,1-4H3,(H,18,19)/t14?,23-/m1/s1. The maximum absolute atomic E-state index is 14.2. The molecule has 1 aromatic rings. The number of carboxylic acids is 1. The first-order valence-corrected chi connectivity index (χ1v) is 7.88. The second-order valence-electron chi connectivity index (χ2n) is 6.31. The molecule has 2 atom stereocenters. The van der Waals surface area contributed by atoms with Gasteiger partial charge >= 0.3 is 5.97 Å². The number of nitrogens with zero attached hydrogens (tertiary/aromatic N) is 1. The number of non-ortho nitro benzene ring substituents is 1. The second-order valence-corrected chi connectivity index (χ2v) is 8.27. The smallest absolute Gasteiger partial charge is 0.305 e. The predicted octanol–water partition coefficient (Wildman–Crippen LogP) is 2.48. The summed E-state index contributed by atoms with van der Waals surface area (Å²) in [6.07, 6.45) is -0.590. The van der Waals surface area contributed by atoms with Crippen molar-refractivity contribution in [3.05, 3.63) is 39.7 Å². The van der Waals surface area contributed by atoms with Gasteiger partial charge in [0, 0.05) is 29.1 Å². The Morgan fingerprint density at radius 2 is 1.96 bits per heavy atom. The third-order valence-electron chi connectivity index (χ3n) is 3.13. The van der Waals surface area contributed by atoms with Gasteiger partial charge in [-0.3, -0.25) is 14.9 Å². The average Bonchev–Trinajstić information content (AvgIpc) is 2.36. The monoisotopic (exact) mass is 346 g/mol.